The minimum atomic E-state index is 0.417. The predicted molar refractivity (Wildman–Crippen MR) is 98.0 cm³/mol. The molecule has 0 unspecified atom stereocenters. The third-order valence-electron chi connectivity index (χ3n) is 4.67. The molecule has 0 atom stereocenters. The van der Waals surface area contributed by atoms with Gasteiger partial charge in [0, 0.05) is 11.6 Å². The SMILES string of the molecule is COc1ccccc1-c1cc(CSc2nnnn2C2CCCCC2)on1. The van der Waals surface area contributed by atoms with Crippen LogP contribution < -0.4 is 4.74 Å². The lowest BCUT2D eigenvalue weighted by molar-refractivity contribution is 0.307. The van der Waals surface area contributed by atoms with Gasteiger partial charge in [-0.1, -0.05) is 48.3 Å². The highest BCUT2D eigenvalue weighted by Gasteiger charge is 2.21. The molecule has 1 saturated carbocycles. The number of aromatic nitrogens is 5. The quantitative estimate of drug-likeness (QED) is 0.603. The maximum atomic E-state index is 5.50. The topological polar surface area (TPSA) is 78.9 Å². The molecule has 0 amide bonds. The Labute approximate surface area is 156 Å². The molecule has 4 rings (SSSR count). The number of para-hydroxylation sites is 1. The van der Waals surface area contributed by atoms with Gasteiger partial charge >= 0.3 is 0 Å². The largest absolute Gasteiger partial charge is 0.496 e. The van der Waals surface area contributed by atoms with Crippen LogP contribution >= 0.6 is 11.8 Å². The lowest BCUT2D eigenvalue weighted by atomic mass is 9.96. The van der Waals surface area contributed by atoms with Gasteiger partial charge in [-0.15, -0.1) is 5.10 Å². The van der Waals surface area contributed by atoms with E-state index in [4.69, 9.17) is 9.26 Å². The summed E-state index contributed by atoms with van der Waals surface area (Å²) in [6.45, 7) is 0. The molecule has 0 saturated heterocycles. The minimum absolute atomic E-state index is 0.417. The molecule has 26 heavy (non-hydrogen) atoms. The van der Waals surface area contributed by atoms with Crippen LogP contribution in [0.25, 0.3) is 11.3 Å². The van der Waals surface area contributed by atoms with E-state index in [0.29, 0.717) is 11.8 Å². The summed E-state index contributed by atoms with van der Waals surface area (Å²) < 4.78 is 12.9. The normalized spacial score (nSPS) is 15.3. The zero-order valence-corrected chi connectivity index (χ0v) is 15.5. The fourth-order valence-corrected chi connectivity index (χ4v) is 4.15. The Kier molecular flexibility index (Phi) is 5.19. The summed E-state index contributed by atoms with van der Waals surface area (Å²) in [7, 11) is 1.65. The first-order valence-corrected chi connectivity index (χ1v) is 9.83. The minimum Gasteiger partial charge on any atom is -0.496 e. The average molecular weight is 371 g/mol. The molecule has 8 heteroatoms. The highest BCUT2D eigenvalue weighted by atomic mass is 32.2. The molecule has 2 heterocycles. The lowest BCUT2D eigenvalue weighted by Crippen LogP contribution is -2.15. The summed E-state index contributed by atoms with van der Waals surface area (Å²) in [6, 6.07) is 10.1. The van der Waals surface area contributed by atoms with E-state index in [1.807, 2.05) is 35.0 Å². The summed E-state index contributed by atoms with van der Waals surface area (Å²) in [5.41, 5.74) is 1.69. The predicted octanol–water partition coefficient (Wildman–Crippen LogP) is 4.13. The van der Waals surface area contributed by atoms with E-state index in [0.717, 1.165) is 40.8 Å². The Balaban J connectivity index is 1.45. The molecule has 2 aromatic heterocycles. The van der Waals surface area contributed by atoms with Gasteiger partial charge < -0.3 is 9.26 Å². The zero-order chi connectivity index (χ0) is 17.8. The molecule has 1 aromatic carbocycles. The molecule has 7 nitrogen and oxygen atoms in total. The van der Waals surface area contributed by atoms with Gasteiger partial charge in [0.05, 0.1) is 18.9 Å². The Morgan fingerprint density at radius 3 is 2.92 bits per heavy atom. The van der Waals surface area contributed by atoms with Crippen LogP contribution in [-0.4, -0.2) is 32.5 Å². The van der Waals surface area contributed by atoms with Gasteiger partial charge in [-0.05, 0) is 35.4 Å². The van der Waals surface area contributed by atoms with Crippen LogP contribution in [-0.2, 0) is 5.75 Å². The lowest BCUT2D eigenvalue weighted by Gasteiger charge is -2.21. The van der Waals surface area contributed by atoms with Crippen molar-refractivity contribution in [3.8, 4) is 17.0 Å². The third-order valence-corrected chi connectivity index (χ3v) is 5.62. The van der Waals surface area contributed by atoms with Crippen molar-refractivity contribution in [2.24, 2.45) is 0 Å². The van der Waals surface area contributed by atoms with Gasteiger partial charge in [-0.3, -0.25) is 0 Å². The number of tetrazole rings is 1. The maximum absolute atomic E-state index is 5.50. The number of ether oxygens (including phenoxy) is 1. The Morgan fingerprint density at radius 1 is 1.23 bits per heavy atom. The molecule has 136 valence electrons. The maximum Gasteiger partial charge on any atom is 0.210 e. The Bertz CT molecular complexity index is 857. The fourth-order valence-electron chi connectivity index (χ4n) is 3.34. The summed E-state index contributed by atoms with van der Waals surface area (Å²) >= 11 is 1.58. The van der Waals surface area contributed by atoms with Crippen LogP contribution in [0.5, 0.6) is 5.75 Å². The van der Waals surface area contributed by atoms with Crippen molar-refractivity contribution in [3.63, 3.8) is 0 Å². The molecule has 1 fully saturated rings. The van der Waals surface area contributed by atoms with Gasteiger partial charge in [0.2, 0.25) is 5.16 Å². The van der Waals surface area contributed by atoms with E-state index in [1.165, 1.54) is 19.3 Å². The summed E-state index contributed by atoms with van der Waals surface area (Å²) in [6.07, 6.45) is 6.11. The van der Waals surface area contributed by atoms with Crippen LogP contribution in [0.2, 0.25) is 0 Å². The summed E-state index contributed by atoms with van der Waals surface area (Å²) in [5, 5.41) is 17.3. The fraction of sp³-hybridized carbons (Fsp3) is 0.444. The number of rotatable bonds is 6. The Hall–Kier alpha value is -2.35. The van der Waals surface area contributed by atoms with Crippen molar-refractivity contribution in [1.82, 2.24) is 25.4 Å². The second-order valence-electron chi connectivity index (χ2n) is 6.37. The van der Waals surface area contributed by atoms with Crippen LogP contribution in [0.3, 0.4) is 0 Å². The van der Waals surface area contributed by atoms with E-state index >= 15 is 0 Å². The van der Waals surface area contributed by atoms with E-state index in [-0.39, 0.29) is 0 Å². The van der Waals surface area contributed by atoms with E-state index in [1.54, 1.807) is 18.9 Å². The van der Waals surface area contributed by atoms with Crippen LogP contribution in [0.4, 0.5) is 0 Å². The van der Waals surface area contributed by atoms with Crippen LogP contribution in [0.1, 0.15) is 43.9 Å². The smallest absolute Gasteiger partial charge is 0.210 e. The first-order valence-electron chi connectivity index (χ1n) is 8.85. The molecule has 0 radical (unpaired) electrons. The zero-order valence-electron chi connectivity index (χ0n) is 14.7. The summed E-state index contributed by atoms with van der Waals surface area (Å²) in [5.74, 6) is 2.20. The number of hydrogen-bond acceptors (Lipinski definition) is 7. The van der Waals surface area contributed by atoms with Gasteiger partial charge in [0.1, 0.15) is 17.2 Å². The number of thioether (sulfide) groups is 1. The first-order chi connectivity index (χ1) is 12.8. The van der Waals surface area contributed by atoms with Crippen molar-refractivity contribution in [2.75, 3.05) is 7.11 Å². The van der Waals surface area contributed by atoms with Gasteiger partial charge in [-0.2, -0.15) is 0 Å². The number of methoxy groups -OCH3 is 1. The van der Waals surface area contributed by atoms with Crippen molar-refractivity contribution >= 4 is 11.8 Å². The van der Waals surface area contributed by atoms with Crippen LogP contribution in [0, 0.1) is 0 Å². The molecule has 0 spiro atoms. The number of hydrogen-bond donors (Lipinski definition) is 0. The van der Waals surface area contributed by atoms with Gasteiger partial charge in [0.25, 0.3) is 0 Å². The molecule has 0 aliphatic heterocycles. The Morgan fingerprint density at radius 2 is 2.08 bits per heavy atom. The van der Waals surface area contributed by atoms with Gasteiger partial charge in [-0.25, -0.2) is 4.68 Å². The standard InChI is InChI=1S/C18H21N5O2S/c1-24-17-10-6-5-9-15(17)16-11-14(25-20-16)12-26-18-19-21-22-23(18)13-7-3-2-4-8-13/h5-6,9-11,13H,2-4,7-8,12H2,1H3. The van der Waals surface area contributed by atoms with Crippen LogP contribution in [0.15, 0.2) is 40.0 Å². The first kappa shape index (κ1) is 17.1. The third kappa shape index (κ3) is 3.60. The van der Waals surface area contributed by atoms with Crippen molar-refractivity contribution in [3.05, 3.63) is 36.1 Å². The number of nitrogens with zero attached hydrogens (tertiary/aromatic N) is 5. The average Bonchev–Trinajstić information content (AvgIpc) is 3.36. The molecular formula is C18H21N5O2S. The van der Waals surface area contributed by atoms with E-state index < -0.39 is 0 Å². The second-order valence-corrected chi connectivity index (χ2v) is 7.31. The number of benzene rings is 1. The highest BCUT2D eigenvalue weighted by molar-refractivity contribution is 7.98. The second kappa shape index (κ2) is 7.90. The van der Waals surface area contributed by atoms with E-state index in [2.05, 4.69) is 20.7 Å². The molecule has 3 aromatic rings. The van der Waals surface area contributed by atoms with E-state index in [9.17, 15) is 0 Å². The molecular weight excluding hydrogens is 350 g/mol. The van der Waals surface area contributed by atoms with Crippen molar-refractivity contribution < 1.29 is 9.26 Å². The molecule has 0 bridgehead atoms. The summed E-state index contributed by atoms with van der Waals surface area (Å²) in [4.78, 5) is 0. The van der Waals surface area contributed by atoms with Crippen molar-refractivity contribution in [1.29, 1.82) is 0 Å². The van der Waals surface area contributed by atoms with Gasteiger partial charge in [0.15, 0.2) is 0 Å². The molecule has 1 aliphatic carbocycles. The van der Waals surface area contributed by atoms with Crippen molar-refractivity contribution in [2.45, 2.75) is 49.1 Å². The highest BCUT2D eigenvalue weighted by Crippen LogP contribution is 2.33. The molecule has 0 N–H and O–H groups in total. The molecule has 1 aliphatic rings. The monoisotopic (exact) mass is 371 g/mol.